The predicted octanol–water partition coefficient (Wildman–Crippen LogP) is 2.10. The quantitative estimate of drug-likeness (QED) is 0.447. The van der Waals surface area contributed by atoms with Crippen molar-refractivity contribution in [2.45, 2.75) is 19.3 Å². The van der Waals surface area contributed by atoms with E-state index in [0.29, 0.717) is 13.1 Å². The lowest BCUT2D eigenvalue weighted by atomic mass is 10.1. The number of rotatable bonds is 1. The van der Waals surface area contributed by atoms with Gasteiger partial charge in [-0.25, -0.2) is 0 Å². The Balaban J connectivity index is 2.63. The maximum atomic E-state index is 12.9. The zero-order chi connectivity index (χ0) is 8.97. The molecule has 0 unspecified atom stereocenters. The van der Waals surface area contributed by atoms with Gasteiger partial charge in [0.2, 0.25) is 5.95 Å². The van der Waals surface area contributed by atoms with E-state index in [2.05, 4.69) is 0 Å². The Morgan fingerprint density at radius 1 is 1.17 bits per heavy atom. The fourth-order valence-electron chi connectivity index (χ4n) is 1.28. The van der Waals surface area contributed by atoms with Crippen LogP contribution in [0.4, 0.5) is 8.78 Å². The number of hydrogen-bond donors (Lipinski definition) is 0. The van der Waals surface area contributed by atoms with Gasteiger partial charge in [-0.2, -0.15) is 14.0 Å². The summed E-state index contributed by atoms with van der Waals surface area (Å²) in [4.78, 5) is 1.28. The molecule has 1 fully saturated rings. The van der Waals surface area contributed by atoms with E-state index in [1.807, 2.05) is 0 Å². The lowest BCUT2D eigenvalue weighted by Gasteiger charge is -2.25. The molecule has 0 bridgehead atoms. The molecule has 0 spiro atoms. The number of nitriles is 1. The first-order valence-electron chi connectivity index (χ1n) is 3.96. The Labute approximate surface area is 70.1 Å². The van der Waals surface area contributed by atoms with Gasteiger partial charge < -0.3 is 4.90 Å². The molecule has 0 aliphatic carbocycles. The topological polar surface area (TPSA) is 27.0 Å². The first-order valence-corrected chi connectivity index (χ1v) is 3.96. The van der Waals surface area contributed by atoms with Crippen LogP contribution in [0.25, 0.3) is 0 Å². The molecular weight excluding hydrogens is 162 g/mol. The van der Waals surface area contributed by atoms with Gasteiger partial charge >= 0.3 is 0 Å². The molecule has 1 aliphatic heterocycles. The Kier molecular flexibility index (Phi) is 3.03. The summed E-state index contributed by atoms with van der Waals surface area (Å²) in [5.41, 5.74) is 0. The summed E-state index contributed by atoms with van der Waals surface area (Å²) in [6, 6.07) is 1.16. The van der Waals surface area contributed by atoms with E-state index in [9.17, 15) is 8.78 Å². The summed E-state index contributed by atoms with van der Waals surface area (Å²) in [6.45, 7) is 1.03. The van der Waals surface area contributed by atoms with Gasteiger partial charge in [0.1, 0.15) is 6.07 Å². The number of nitrogens with zero attached hydrogens (tertiary/aromatic N) is 2. The van der Waals surface area contributed by atoms with E-state index in [0.717, 1.165) is 25.3 Å². The number of allylic oxidation sites excluding steroid dienone is 1. The van der Waals surface area contributed by atoms with Crippen molar-refractivity contribution in [3.05, 3.63) is 11.8 Å². The number of hydrogen-bond acceptors (Lipinski definition) is 2. The van der Waals surface area contributed by atoms with Crippen LogP contribution in [0.15, 0.2) is 11.8 Å². The molecular formula is C8H10F2N2. The number of halogens is 2. The van der Waals surface area contributed by atoms with Crippen molar-refractivity contribution in [1.29, 1.82) is 5.26 Å². The largest absolute Gasteiger partial charge is 0.345 e. The van der Waals surface area contributed by atoms with E-state index in [1.54, 1.807) is 0 Å². The maximum absolute atomic E-state index is 12.9. The van der Waals surface area contributed by atoms with Crippen molar-refractivity contribution in [2.75, 3.05) is 13.1 Å². The van der Waals surface area contributed by atoms with E-state index < -0.39 is 11.8 Å². The second-order valence-corrected chi connectivity index (χ2v) is 2.76. The van der Waals surface area contributed by atoms with E-state index >= 15 is 0 Å². The molecule has 0 saturated carbocycles. The monoisotopic (exact) mass is 172 g/mol. The molecule has 4 heteroatoms. The lowest BCUT2D eigenvalue weighted by Crippen LogP contribution is -2.27. The number of likely N-dealkylation sites (tertiary alicyclic amines) is 1. The summed E-state index contributed by atoms with van der Waals surface area (Å²) < 4.78 is 25.3. The zero-order valence-electron chi connectivity index (χ0n) is 6.69. The average molecular weight is 172 g/mol. The first kappa shape index (κ1) is 8.98. The van der Waals surface area contributed by atoms with Crippen molar-refractivity contribution in [3.8, 4) is 6.07 Å². The molecule has 2 nitrogen and oxygen atoms in total. The molecule has 1 rings (SSSR count). The van der Waals surface area contributed by atoms with Crippen LogP contribution in [-0.4, -0.2) is 18.0 Å². The van der Waals surface area contributed by atoms with Crippen molar-refractivity contribution < 1.29 is 8.78 Å². The van der Waals surface area contributed by atoms with Crippen LogP contribution in [0.5, 0.6) is 0 Å². The zero-order valence-corrected chi connectivity index (χ0v) is 6.69. The van der Waals surface area contributed by atoms with E-state index in [1.165, 1.54) is 4.90 Å². The molecule has 1 saturated heterocycles. The molecule has 0 N–H and O–H groups in total. The Morgan fingerprint density at radius 2 is 1.75 bits per heavy atom. The van der Waals surface area contributed by atoms with Gasteiger partial charge in [-0.1, -0.05) is 0 Å². The third-order valence-electron chi connectivity index (χ3n) is 1.91. The average Bonchev–Trinajstić information content (AvgIpc) is 2.17. The van der Waals surface area contributed by atoms with Crippen LogP contribution < -0.4 is 0 Å². The van der Waals surface area contributed by atoms with Gasteiger partial charge in [0.15, 0.2) is 0 Å². The minimum Gasteiger partial charge on any atom is -0.345 e. The van der Waals surface area contributed by atoms with Gasteiger partial charge in [0, 0.05) is 13.1 Å². The van der Waals surface area contributed by atoms with Gasteiger partial charge in [0.05, 0.1) is 0 Å². The Morgan fingerprint density at radius 3 is 2.25 bits per heavy atom. The summed E-state index contributed by atoms with van der Waals surface area (Å²) in [6.07, 6.45) is 2.79. The molecule has 66 valence electrons. The smallest absolute Gasteiger partial charge is 0.252 e. The summed E-state index contributed by atoms with van der Waals surface area (Å²) in [7, 11) is 0. The van der Waals surface area contributed by atoms with Crippen molar-refractivity contribution in [2.24, 2.45) is 0 Å². The van der Waals surface area contributed by atoms with Crippen LogP contribution in [0.1, 0.15) is 19.3 Å². The van der Waals surface area contributed by atoms with Gasteiger partial charge in [-0.15, -0.1) is 0 Å². The van der Waals surface area contributed by atoms with Crippen LogP contribution in [0, 0.1) is 11.3 Å². The normalized spacial score (nSPS) is 19.9. The second kappa shape index (κ2) is 4.05. The van der Waals surface area contributed by atoms with Crippen LogP contribution in [-0.2, 0) is 0 Å². The van der Waals surface area contributed by atoms with Gasteiger partial charge in [-0.3, -0.25) is 0 Å². The van der Waals surface area contributed by atoms with E-state index in [-0.39, 0.29) is 0 Å². The van der Waals surface area contributed by atoms with Gasteiger partial charge in [-0.05, 0) is 19.3 Å². The molecule has 0 aromatic rings. The maximum Gasteiger partial charge on any atom is 0.252 e. The lowest BCUT2D eigenvalue weighted by molar-refractivity contribution is 0.219. The Hall–Kier alpha value is -1.11. The molecule has 1 aliphatic rings. The highest BCUT2D eigenvalue weighted by Gasteiger charge is 2.16. The van der Waals surface area contributed by atoms with E-state index in [4.69, 9.17) is 5.26 Å². The van der Waals surface area contributed by atoms with Crippen LogP contribution in [0.3, 0.4) is 0 Å². The van der Waals surface area contributed by atoms with Crippen LogP contribution in [0.2, 0.25) is 0 Å². The molecule has 0 aromatic heterocycles. The highest BCUT2D eigenvalue weighted by atomic mass is 19.2. The minimum absolute atomic E-state index is 0.515. The molecule has 1 heterocycles. The Bertz CT molecular complexity index is 224. The molecule has 0 aromatic carbocycles. The third-order valence-corrected chi connectivity index (χ3v) is 1.91. The van der Waals surface area contributed by atoms with Crippen molar-refractivity contribution in [3.63, 3.8) is 0 Å². The van der Waals surface area contributed by atoms with Crippen molar-refractivity contribution >= 4 is 0 Å². The predicted molar refractivity (Wildman–Crippen MR) is 40.3 cm³/mol. The fraction of sp³-hybridized carbons (Fsp3) is 0.625. The highest BCUT2D eigenvalue weighted by molar-refractivity contribution is 5.15. The van der Waals surface area contributed by atoms with Crippen molar-refractivity contribution in [1.82, 2.24) is 4.90 Å². The molecule has 0 amide bonds. The van der Waals surface area contributed by atoms with Crippen LogP contribution >= 0.6 is 0 Å². The molecule has 0 radical (unpaired) electrons. The standard InChI is InChI=1S/C8H10F2N2/c9-7(6-11)8(10)12-4-2-1-3-5-12/h1-5H2/b8-7-. The number of piperidine rings is 1. The first-order chi connectivity index (χ1) is 5.75. The second-order valence-electron chi connectivity index (χ2n) is 2.76. The fourth-order valence-corrected chi connectivity index (χ4v) is 1.28. The summed E-state index contributed by atoms with van der Waals surface area (Å²) >= 11 is 0. The van der Waals surface area contributed by atoms with Gasteiger partial charge in [0.25, 0.3) is 5.83 Å². The molecule has 12 heavy (non-hydrogen) atoms. The summed E-state index contributed by atoms with van der Waals surface area (Å²) in [5.74, 6) is -2.31. The SMILES string of the molecule is N#C/C(F)=C(\F)N1CCCCC1. The molecule has 0 atom stereocenters. The highest BCUT2D eigenvalue weighted by Crippen LogP contribution is 2.18. The minimum atomic E-state index is -1.31. The summed E-state index contributed by atoms with van der Waals surface area (Å²) in [5, 5.41) is 8.09. The third kappa shape index (κ3) is 1.94.